The fraction of sp³-hybridized carbons (Fsp3) is 1.00. The first-order valence-electron chi connectivity index (χ1n) is 7.38. The third kappa shape index (κ3) is 8.08. The van der Waals surface area contributed by atoms with Crippen molar-refractivity contribution < 1.29 is 0 Å². The second kappa shape index (κ2) is 7.67. The molecule has 0 amide bonds. The van der Waals surface area contributed by atoms with Gasteiger partial charge in [0.05, 0.1) is 0 Å². The van der Waals surface area contributed by atoms with E-state index in [2.05, 4.69) is 41.5 Å². The Morgan fingerprint density at radius 1 is 0.824 bits per heavy atom. The molecule has 0 aliphatic carbocycles. The minimum Gasteiger partial charge on any atom is -0.120 e. The molecule has 1 unspecified atom stereocenters. The first-order valence-corrected chi connectivity index (χ1v) is 7.76. The molecule has 0 saturated carbocycles. The van der Waals surface area contributed by atoms with E-state index in [1.807, 2.05) is 0 Å². The minimum atomic E-state index is -0.0817. The largest absolute Gasteiger partial charge is 0.120 e. The molecular formula is C16H33Cl. The van der Waals surface area contributed by atoms with Gasteiger partial charge in [0.1, 0.15) is 0 Å². The van der Waals surface area contributed by atoms with E-state index in [-0.39, 0.29) is 4.87 Å². The van der Waals surface area contributed by atoms with Crippen molar-refractivity contribution in [3.05, 3.63) is 0 Å². The molecule has 0 radical (unpaired) electrons. The highest BCUT2D eigenvalue weighted by Crippen LogP contribution is 2.41. The van der Waals surface area contributed by atoms with Crippen LogP contribution in [0.1, 0.15) is 86.5 Å². The smallest absolute Gasteiger partial charge is 0.0423 e. The van der Waals surface area contributed by atoms with Gasteiger partial charge in [-0.1, -0.05) is 66.2 Å². The summed E-state index contributed by atoms with van der Waals surface area (Å²) in [5.41, 5.74) is 0.314. The quantitative estimate of drug-likeness (QED) is 0.349. The standard InChI is InChI=1S/C16H33Cl/c1-7-8-9-10-11-12-13-14(15(2,3)4)16(5,6)17/h14H,7-13H2,1-6H3. The molecule has 1 atom stereocenters. The minimum absolute atomic E-state index is 0.0817. The van der Waals surface area contributed by atoms with E-state index >= 15 is 0 Å². The monoisotopic (exact) mass is 260 g/mol. The van der Waals surface area contributed by atoms with Crippen LogP contribution in [0.25, 0.3) is 0 Å². The molecule has 1 heteroatoms. The Balaban J connectivity index is 3.95. The van der Waals surface area contributed by atoms with E-state index in [0.29, 0.717) is 11.3 Å². The van der Waals surface area contributed by atoms with Gasteiger partial charge in [-0.3, -0.25) is 0 Å². The van der Waals surface area contributed by atoms with Crippen LogP contribution in [0.2, 0.25) is 0 Å². The summed E-state index contributed by atoms with van der Waals surface area (Å²) in [7, 11) is 0. The molecule has 0 aromatic rings. The Hall–Kier alpha value is 0.290. The highest BCUT2D eigenvalue weighted by atomic mass is 35.5. The summed E-state index contributed by atoms with van der Waals surface area (Å²) >= 11 is 6.55. The topological polar surface area (TPSA) is 0 Å². The summed E-state index contributed by atoms with van der Waals surface area (Å²) in [5.74, 6) is 0.600. The predicted octanol–water partition coefficient (Wildman–Crippen LogP) is 6.42. The van der Waals surface area contributed by atoms with E-state index in [4.69, 9.17) is 11.6 Å². The second-order valence-electron chi connectivity index (χ2n) is 7.04. The van der Waals surface area contributed by atoms with Gasteiger partial charge in [0.15, 0.2) is 0 Å². The third-order valence-electron chi connectivity index (χ3n) is 3.72. The van der Waals surface area contributed by atoms with Crippen LogP contribution in [0.4, 0.5) is 0 Å². The Labute approximate surface area is 115 Å². The van der Waals surface area contributed by atoms with Crippen LogP contribution in [0.15, 0.2) is 0 Å². The van der Waals surface area contributed by atoms with Gasteiger partial charge < -0.3 is 0 Å². The van der Waals surface area contributed by atoms with Crippen molar-refractivity contribution in [1.29, 1.82) is 0 Å². The van der Waals surface area contributed by atoms with Gasteiger partial charge in [0, 0.05) is 4.87 Å². The zero-order valence-corrected chi connectivity index (χ0v) is 13.7. The molecule has 17 heavy (non-hydrogen) atoms. The lowest BCUT2D eigenvalue weighted by molar-refractivity contribution is 0.177. The fourth-order valence-electron chi connectivity index (χ4n) is 2.93. The predicted molar refractivity (Wildman–Crippen MR) is 80.9 cm³/mol. The Kier molecular flexibility index (Phi) is 7.80. The lowest BCUT2D eigenvalue weighted by atomic mass is 9.71. The average Bonchev–Trinajstić information content (AvgIpc) is 2.12. The normalized spacial score (nSPS) is 15.0. The Morgan fingerprint density at radius 2 is 1.29 bits per heavy atom. The van der Waals surface area contributed by atoms with Crippen molar-refractivity contribution in [1.82, 2.24) is 0 Å². The molecule has 0 spiro atoms. The molecular weight excluding hydrogens is 228 g/mol. The van der Waals surface area contributed by atoms with Crippen LogP contribution in [-0.2, 0) is 0 Å². The van der Waals surface area contributed by atoms with Crippen molar-refractivity contribution in [3.63, 3.8) is 0 Å². The summed E-state index contributed by atoms with van der Waals surface area (Å²) in [4.78, 5) is -0.0817. The third-order valence-corrected chi connectivity index (χ3v) is 3.98. The second-order valence-corrected chi connectivity index (χ2v) is 8.01. The molecule has 0 saturated heterocycles. The molecule has 0 rings (SSSR count). The summed E-state index contributed by atoms with van der Waals surface area (Å²) in [6, 6.07) is 0. The molecule has 0 aliphatic heterocycles. The molecule has 0 nitrogen and oxygen atoms in total. The van der Waals surface area contributed by atoms with E-state index in [1.165, 1.54) is 44.9 Å². The summed E-state index contributed by atoms with van der Waals surface area (Å²) < 4.78 is 0. The maximum absolute atomic E-state index is 6.55. The Bertz CT molecular complexity index is 169. The summed E-state index contributed by atoms with van der Waals surface area (Å²) in [5, 5.41) is 0. The van der Waals surface area contributed by atoms with Crippen molar-refractivity contribution in [2.24, 2.45) is 11.3 Å². The number of rotatable bonds is 8. The fourth-order valence-corrected chi connectivity index (χ4v) is 3.37. The maximum atomic E-state index is 6.55. The highest BCUT2D eigenvalue weighted by Gasteiger charge is 2.35. The van der Waals surface area contributed by atoms with E-state index in [0.717, 1.165) is 0 Å². The van der Waals surface area contributed by atoms with Crippen LogP contribution < -0.4 is 0 Å². The lowest BCUT2D eigenvalue weighted by Crippen LogP contribution is -2.35. The van der Waals surface area contributed by atoms with Crippen molar-refractivity contribution in [2.45, 2.75) is 91.4 Å². The number of hydrogen-bond acceptors (Lipinski definition) is 0. The molecule has 0 heterocycles. The van der Waals surface area contributed by atoms with Gasteiger partial charge in [-0.05, 0) is 31.6 Å². The molecule has 0 aliphatic rings. The van der Waals surface area contributed by atoms with Crippen LogP contribution in [0.3, 0.4) is 0 Å². The van der Waals surface area contributed by atoms with Gasteiger partial charge in [-0.15, -0.1) is 11.6 Å². The van der Waals surface area contributed by atoms with Crippen molar-refractivity contribution >= 4 is 11.6 Å². The van der Waals surface area contributed by atoms with Gasteiger partial charge in [0.2, 0.25) is 0 Å². The van der Waals surface area contributed by atoms with Crippen LogP contribution in [0, 0.1) is 11.3 Å². The zero-order valence-electron chi connectivity index (χ0n) is 12.9. The van der Waals surface area contributed by atoms with Gasteiger partial charge in [-0.2, -0.15) is 0 Å². The Morgan fingerprint density at radius 3 is 1.71 bits per heavy atom. The SMILES string of the molecule is CCCCCCCCC(C(C)(C)C)C(C)(C)Cl. The van der Waals surface area contributed by atoms with Crippen LogP contribution in [0.5, 0.6) is 0 Å². The van der Waals surface area contributed by atoms with Gasteiger partial charge >= 0.3 is 0 Å². The van der Waals surface area contributed by atoms with Gasteiger partial charge in [-0.25, -0.2) is 0 Å². The number of unbranched alkanes of at least 4 members (excludes halogenated alkanes) is 5. The summed E-state index contributed by atoms with van der Waals surface area (Å²) in [6.07, 6.45) is 9.50. The number of alkyl halides is 1. The highest BCUT2D eigenvalue weighted by molar-refractivity contribution is 6.23. The summed E-state index contributed by atoms with van der Waals surface area (Å²) in [6.45, 7) is 13.6. The first kappa shape index (κ1) is 17.3. The molecule has 0 aromatic heterocycles. The van der Waals surface area contributed by atoms with Crippen molar-refractivity contribution in [2.75, 3.05) is 0 Å². The van der Waals surface area contributed by atoms with Gasteiger partial charge in [0.25, 0.3) is 0 Å². The molecule has 104 valence electrons. The number of hydrogen-bond donors (Lipinski definition) is 0. The van der Waals surface area contributed by atoms with Crippen LogP contribution in [-0.4, -0.2) is 4.87 Å². The average molecular weight is 261 g/mol. The number of halogens is 1. The van der Waals surface area contributed by atoms with E-state index < -0.39 is 0 Å². The molecule has 0 bridgehead atoms. The van der Waals surface area contributed by atoms with E-state index in [1.54, 1.807) is 0 Å². The molecule has 0 aromatic carbocycles. The maximum Gasteiger partial charge on any atom is 0.0423 e. The molecule has 0 N–H and O–H groups in total. The van der Waals surface area contributed by atoms with Crippen LogP contribution >= 0.6 is 11.6 Å². The lowest BCUT2D eigenvalue weighted by Gasteiger charge is -2.39. The van der Waals surface area contributed by atoms with E-state index in [9.17, 15) is 0 Å². The first-order chi connectivity index (χ1) is 7.69. The zero-order chi connectivity index (χ0) is 13.5. The molecule has 0 fully saturated rings. The van der Waals surface area contributed by atoms with Crippen molar-refractivity contribution in [3.8, 4) is 0 Å².